The van der Waals surface area contributed by atoms with Crippen LogP contribution in [-0.4, -0.2) is 34.0 Å². The summed E-state index contributed by atoms with van der Waals surface area (Å²) in [6, 6.07) is 24.2. The lowest BCUT2D eigenvalue weighted by Crippen LogP contribution is -2.29. The van der Waals surface area contributed by atoms with Gasteiger partial charge in [-0.3, -0.25) is 14.5 Å². The van der Waals surface area contributed by atoms with Gasteiger partial charge in [-0.15, -0.1) is 0 Å². The number of hydrogen-bond donors (Lipinski definition) is 2. The van der Waals surface area contributed by atoms with E-state index in [2.05, 4.69) is 0 Å². The van der Waals surface area contributed by atoms with Gasteiger partial charge in [0.25, 0.3) is 11.7 Å². The van der Waals surface area contributed by atoms with Crippen molar-refractivity contribution in [3.8, 4) is 5.75 Å². The first-order valence-corrected chi connectivity index (χ1v) is 12.1. The van der Waals surface area contributed by atoms with Gasteiger partial charge in [0.05, 0.1) is 23.3 Å². The normalized spacial score (nSPS) is 16.8. The molecule has 5 rings (SSSR count). The van der Waals surface area contributed by atoms with Crippen molar-refractivity contribution in [2.75, 3.05) is 4.90 Å². The predicted octanol–water partition coefficient (Wildman–Crippen LogP) is 5.74. The van der Waals surface area contributed by atoms with Crippen LogP contribution in [0.3, 0.4) is 0 Å². The number of fused-ring (bicyclic) bond motifs is 1. The number of aliphatic hydroxyl groups is 1. The van der Waals surface area contributed by atoms with E-state index in [1.807, 2.05) is 30.3 Å². The topological polar surface area (TPSA) is 104 Å². The average molecular weight is 508 g/mol. The number of carbonyl (C=O) groups excluding carboxylic acids is 3. The highest BCUT2D eigenvalue weighted by Crippen LogP contribution is 2.42. The zero-order valence-electron chi connectivity index (χ0n) is 20.8. The SMILES string of the molecule is CC(C)OC(=O)c1ccc(N2C(=O)C(=O)/C(=C(\O)c3ccc4ccccc4c3)C2c2ccc(O)cc2)cc1. The highest BCUT2D eigenvalue weighted by atomic mass is 16.5. The second kappa shape index (κ2) is 9.86. The van der Waals surface area contributed by atoms with Crippen LogP contribution in [0.2, 0.25) is 0 Å². The van der Waals surface area contributed by atoms with Crippen molar-refractivity contribution in [1.29, 1.82) is 0 Å². The van der Waals surface area contributed by atoms with Gasteiger partial charge >= 0.3 is 5.97 Å². The Kier molecular flexibility index (Phi) is 6.43. The Hall–Kier alpha value is -4.91. The summed E-state index contributed by atoms with van der Waals surface area (Å²) in [5.74, 6) is -2.43. The Bertz CT molecular complexity index is 1590. The minimum Gasteiger partial charge on any atom is -0.508 e. The number of phenols is 1. The molecule has 0 radical (unpaired) electrons. The lowest BCUT2D eigenvalue weighted by Gasteiger charge is -2.25. The van der Waals surface area contributed by atoms with Gasteiger partial charge < -0.3 is 14.9 Å². The molecule has 1 amide bonds. The van der Waals surface area contributed by atoms with Crippen molar-refractivity contribution in [2.24, 2.45) is 0 Å². The van der Waals surface area contributed by atoms with E-state index in [9.17, 15) is 24.6 Å². The van der Waals surface area contributed by atoms with Gasteiger partial charge in [0, 0.05) is 11.3 Å². The Balaban J connectivity index is 1.63. The molecular formula is C31H25NO6. The maximum atomic E-state index is 13.4. The predicted molar refractivity (Wildman–Crippen MR) is 144 cm³/mol. The molecule has 1 aliphatic heterocycles. The summed E-state index contributed by atoms with van der Waals surface area (Å²) in [7, 11) is 0. The molecule has 4 aromatic rings. The number of aliphatic hydroxyl groups excluding tert-OH is 1. The third-order valence-electron chi connectivity index (χ3n) is 6.40. The standard InChI is InChI=1S/C31H25NO6/c1-18(2)38-31(37)21-9-13-24(14-10-21)32-27(20-11-15-25(33)16-12-20)26(29(35)30(32)36)28(34)23-8-7-19-5-3-4-6-22(19)17-23/h3-18,27,33-34H,1-2H3/b28-26-. The molecule has 1 fully saturated rings. The second-order valence-electron chi connectivity index (χ2n) is 9.32. The molecular weight excluding hydrogens is 482 g/mol. The Morgan fingerprint density at radius 2 is 1.47 bits per heavy atom. The first kappa shape index (κ1) is 24.8. The number of nitrogens with zero attached hydrogens (tertiary/aromatic N) is 1. The van der Waals surface area contributed by atoms with Gasteiger partial charge in [0.2, 0.25) is 0 Å². The highest BCUT2D eigenvalue weighted by Gasteiger charge is 2.47. The summed E-state index contributed by atoms with van der Waals surface area (Å²) in [5.41, 5.74) is 1.52. The maximum absolute atomic E-state index is 13.4. The molecule has 1 heterocycles. The molecule has 0 saturated carbocycles. The number of aromatic hydroxyl groups is 1. The lowest BCUT2D eigenvalue weighted by atomic mass is 9.94. The molecule has 190 valence electrons. The zero-order valence-corrected chi connectivity index (χ0v) is 20.8. The van der Waals surface area contributed by atoms with Crippen LogP contribution in [0.5, 0.6) is 5.75 Å². The number of phenolic OH excluding ortho intramolecular Hbond substituents is 1. The minimum atomic E-state index is -0.962. The summed E-state index contributed by atoms with van der Waals surface area (Å²) in [6.07, 6.45) is -0.287. The molecule has 4 aromatic carbocycles. The van der Waals surface area contributed by atoms with Gasteiger partial charge in [0.1, 0.15) is 11.5 Å². The molecule has 38 heavy (non-hydrogen) atoms. The highest BCUT2D eigenvalue weighted by molar-refractivity contribution is 6.51. The van der Waals surface area contributed by atoms with E-state index in [4.69, 9.17) is 4.74 Å². The maximum Gasteiger partial charge on any atom is 0.338 e. The van der Waals surface area contributed by atoms with Gasteiger partial charge in [-0.05, 0) is 72.6 Å². The second-order valence-corrected chi connectivity index (χ2v) is 9.32. The summed E-state index contributed by atoms with van der Waals surface area (Å²) in [5, 5.41) is 23.1. The van der Waals surface area contributed by atoms with E-state index in [0.717, 1.165) is 10.8 Å². The van der Waals surface area contributed by atoms with E-state index in [1.54, 1.807) is 50.2 Å². The lowest BCUT2D eigenvalue weighted by molar-refractivity contribution is -0.132. The van der Waals surface area contributed by atoms with Gasteiger partial charge in [0.15, 0.2) is 0 Å². The molecule has 1 aliphatic rings. The van der Waals surface area contributed by atoms with E-state index in [0.29, 0.717) is 22.4 Å². The summed E-state index contributed by atoms with van der Waals surface area (Å²) >= 11 is 0. The van der Waals surface area contributed by atoms with Crippen LogP contribution in [0.4, 0.5) is 5.69 Å². The number of hydrogen-bond acceptors (Lipinski definition) is 6. The summed E-state index contributed by atoms with van der Waals surface area (Å²) in [4.78, 5) is 40.3. The van der Waals surface area contributed by atoms with Gasteiger partial charge in [-0.2, -0.15) is 0 Å². The summed E-state index contributed by atoms with van der Waals surface area (Å²) < 4.78 is 5.23. The Morgan fingerprint density at radius 1 is 0.842 bits per heavy atom. The molecule has 0 aromatic heterocycles. The van der Waals surface area contributed by atoms with Crippen molar-refractivity contribution in [2.45, 2.75) is 26.0 Å². The number of ketones is 1. The molecule has 0 spiro atoms. The molecule has 0 aliphatic carbocycles. The van der Waals surface area contributed by atoms with Crippen LogP contribution < -0.4 is 4.90 Å². The quantitative estimate of drug-likeness (QED) is 0.155. The van der Waals surface area contributed by atoms with Crippen LogP contribution in [0.25, 0.3) is 16.5 Å². The first-order valence-electron chi connectivity index (χ1n) is 12.1. The Labute approximate surface area is 219 Å². The molecule has 2 N–H and O–H groups in total. The number of carbonyl (C=O) groups is 3. The van der Waals surface area contributed by atoms with Crippen molar-refractivity contribution < 1.29 is 29.3 Å². The van der Waals surface area contributed by atoms with Crippen LogP contribution in [0.1, 0.15) is 41.4 Å². The molecule has 7 nitrogen and oxygen atoms in total. The number of Topliss-reactive ketones (excluding diaryl/α,β-unsaturated/α-hetero) is 1. The third kappa shape index (κ3) is 4.50. The largest absolute Gasteiger partial charge is 0.508 e. The van der Waals surface area contributed by atoms with Crippen LogP contribution in [0.15, 0.2) is 96.6 Å². The van der Waals surface area contributed by atoms with E-state index >= 15 is 0 Å². The fraction of sp³-hybridized carbons (Fsp3) is 0.129. The number of anilines is 1. The smallest absolute Gasteiger partial charge is 0.338 e. The first-order chi connectivity index (χ1) is 18.2. The van der Waals surface area contributed by atoms with E-state index < -0.39 is 23.7 Å². The number of benzene rings is 4. The van der Waals surface area contributed by atoms with Gasteiger partial charge in [-0.25, -0.2) is 4.79 Å². The minimum absolute atomic E-state index is 0.0215. The number of ether oxygens (including phenoxy) is 1. The monoisotopic (exact) mass is 507 g/mol. The fourth-order valence-corrected chi connectivity index (χ4v) is 4.60. The number of rotatable bonds is 5. The summed E-state index contributed by atoms with van der Waals surface area (Å²) in [6.45, 7) is 3.50. The van der Waals surface area contributed by atoms with E-state index in [1.165, 1.54) is 29.2 Å². The molecule has 1 saturated heterocycles. The third-order valence-corrected chi connectivity index (χ3v) is 6.40. The van der Waals surface area contributed by atoms with Gasteiger partial charge in [-0.1, -0.05) is 48.5 Å². The molecule has 1 atom stereocenters. The molecule has 1 unspecified atom stereocenters. The van der Waals surface area contributed by atoms with Crippen LogP contribution >= 0.6 is 0 Å². The number of esters is 1. The van der Waals surface area contributed by atoms with Crippen molar-refractivity contribution in [3.05, 3.63) is 113 Å². The van der Waals surface area contributed by atoms with Crippen molar-refractivity contribution in [1.82, 2.24) is 0 Å². The molecule has 0 bridgehead atoms. The van der Waals surface area contributed by atoms with Crippen LogP contribution in [-0.2, 0) is 14.3 Å². The van der Waals surface area contributed by atoms with Crippen molar-refractivity contribution in [3.63, 3.8) is 0 Å². The van der Waals surface area contributed by atoms with E-state index in [-0.39, 0.29) is 23.2 Å². The molecule has 7 heteroatoms. The zero-order chi connectivity index (χ0) is 27.0. The van der Waals surface area contributed by atoms with Crippen molar-refractivity contribution >= 4 is 39.9 Å². The fourth-order valence-electron chi connectivity index (χ4n) is 4.60. The van der Waals surface area contributed by atoms with Crippen LogP contribution in [0, 0.1) is 0 Å². The average Bonchev–Trinajstić information content (AvgIpc) is 3.18. The Morgan fingerprint density at radius 3 is 2.13 bits per heavy atom. The number of amides is 1.